The van der Waals surface area contributed by atoms with Gasteiger partial charge in [-0.25, -0.2) is 4.98 Å². The standard InChI is InChI=1S/C12H18N2O2/c1-6-16-12(2-7-15-8-3-12)9-11(1)14-5-4-13-10-14/h4-5,10-11H,1-3,6-9H2. The van der Waals surface area contributed by atoms with Gasteiger partial charge >= 0.3 is 0 Å². The van der Waals surface area contributed by atoms with Crippen molar-refractivity contribution in [3.63, 3.8) is 0 Å². The van der Waals surface area contributed by atoms with Crippen molar-refractivity contribution < 1.29 is 9.47 Å². The van der Waals surface area contributed by atoms with Crippen LogP contribution in [-0.2, 0) is 9.47 Å². The first-order valence-electron chi connectivity index (χ1n) is 6.07. The average Bonchev–Trinajstić information content (AvgIpc) is 2.83. The van der Waals surface area contributed by atoms with Crippen molar-refractivity contribution in [3.05, 3.63) is 18.7 Å². The van der Waals surface area contributed by atoms with Gasteiger partial charge in [0.1, 0.15) is 0 Å². The van der Waals surface area contributed by atoms with E-state index in [0.717, 1.165) is 45.5 Å². The smallest absolute Gasteiger partial charge is 0.0948 e. The zero-order valence-electron chi connectivity index (χ0n) is 9.47. The fraction of sp³-hybridized carbons (Fsp3) is 0.750. The number of aromatic nitrogens is 2. The third kappa shape index (κ3) is 1.87. The highest BCUT2D eigenvalue weighted by Crippen LogP contribution is 2.38. The molecule has 2 aliphatic heterocycles. The highest BCUT2D eigenvalue weighted by atomic mass is 16.5. The first-order chi connectivity index (χ1) is 7.88. The Balaban J connectivity index is 1.74. The van der Waals surface area contributed by atoms with E-state index in [2.05, 4.69) is 15.7 Å². The van der Waals surface area contributed by atoms with E-state index in [1.54, 1.807) is 0 Å². The zero-order valence-corrected chi connectivity index (χ0v) is 9.47. The Bertz CT molecular complexity index is 325. The van der Waals surface area contributed by atoms with Gasteiger partial charge in [-0.2, -0.15) is 0 Å². The van der Waals surface area contributed by atoms with Gasteiger partial charge in [-0.1, -0.05) is 0 Å². The molecule has 4 heteroatoms. The third-order valence-electron chi connectivity index (χ3n) is 3.82. The lowest BCUT2D eigenvalue weighted by molar-refractivity contribution is -0.144. The monoisotopic (exact) mass is 222 g/mol. The molecule has 1 spiro atoms. The van der Waals surface area contributed by atoms with Crippen LogP contribution in [0.3, 0.4) is 0 Å². The van der Waals surface area contributed by atoms with Crippen LogP contribution in [0.15, 0.2) is 18.7 Å². The molecule has 4 nitrogen and oxygen atoms in total. The van der Waals surface area contributed by atoms with Crippen LogP contribution in [-0.4, -0.2) is 35.0 Å². The third-order valence-corrected chi connectivity index (χ3v) is 3.82. The molecular formula is C12H18N2O2. The van der Waals surface area contributed by atoms with Gasteiger partial charge < -0.3 is 14.0 Å². The van der Waals surface area contributed by atoms with Crippen LogP contribution in [0.25, 0.3) is 0 Å². The van der Waals surface area contributed by atoms with E-state index in [4.69, 9.17) is 9.47 Å². The van der Waals surface area contributed by atoms with Gasteiger partial charge in [0, 0.05) is 38.3 Å². The van der Waals surface area contributed by atoms with Gasteiger partial charge in [-0.15, -0.1) is 0 Å². The summed E-state index contributed by atoms with van der Waals surface area (Å²) in [5.41, 5.74) is 0.0748. The van der Waals surface area contributed by atoms with E-state index < -0.39 is 0 Å². The second kappa shape index (κ2) is 4.18. The van der Waals surface area contributed by atoms with E-state index in [-0.39, 0.29) is 5.60 Å². The van der Waals surface area contributed by atoms with Crippen LogP contribution in [0.2, 0.25) is 0 Å². The molecular weight excluding hydrogens is 204 g/mol. The molecule has 0 amide bonds. The molecule has 88 valence electrons. The van der Waals surface area contributed by atoms with Gasteiger partial charge in [-0.05, 0) is 25.7 Å². The summed E-state index contributed by atoms with van der Waals surface area (Å²) in [4.78, 5) is 4.13. The van der Waals surface area contributed by atoms with Crippen molar-refractivity contribution >= 4 is 0 Å². The molecule has 0 N–H and O–H groups in total. The van der Waals surface area contributed by atoms with Gasteiger partial charge in [0.25, 0.3) is 0 Å². The molecule has 1 aromatic heterocycles. The minimum atomic E-state index is 0.0748. The van der Waals surface area contributed by atoms with E-state index in [1.165, 1.54) is 0 Å². The highest BCUT2D eigenvalue weighted by Gasteiger charge is 2.39. The molecule has 1 atom stereocenters. The Hall–Kier alpha value is -0.870. The molecule has 3 heterocycles. The maximum Gasteiger partial charge on any atom is 0.0948 e. The maximum absolute atomic E-state index is 6.02. The van der Waals surface area contributed by atoms with E-state index in [9.17, 15) is 0 Å². The van der Waals surface area contributed by atoms with Crippen molar-refractivity contribution in [2.24, 2.45) is 0 Å². The Labute approximate surface area is 95.6 Å². The number of rotatable bonds is 1. The normalized spacial score (nSPS) is 29.4. The van der Waals surface area contributed by atoms with Crippen LogP contribution in [0.5, 0.6) is 0 Å². The first-order valence-corrected chi connectivity index (χ1v) is 6.07. The fourth-order valence-electron chi connectivity index (χ4n) is 2.83. The molecule has 3 rings (SSSR count). The number of hydrogen-bond acceptors (Lipinski definition) is 3. The summed E-state index contributed by atoms with van der Waals surface area (Å²) < 4.78 is 13.7. The molecule has 1 unspecified atom stereocenters. The van der Waals surface area contributed by atoms with Gasteiger partial charge in [-0.3, -0.25) is 0 Å². The molecule has 1 aromatic rings. The van der Waals surface area contributed by atoms with Crippen molar-refractivity contribution in [1.82, 2.24) is 9.55 Å². The Morgan fingerprint density at radius 1 is 1.25 bits per heavy atom. The van der Waals surface area contributed by atoms with Crippen molar-refractivity contribution in [1.29, 1.82) is 0 Å². The summed E-state index contributed by atoms with van der Waals surface area (Å²) in [6, 6.07) is 0.550. The largest absolute Gasteiger partial charge is 0.381 e. The van der Waals surface area contributed by atoms with Crippen LogP contribution < -0.4 is 0 Å². The lowest BCUT2D eigenvalue weighted by Crippen LogP contribution is -2.44. The van der Waals surface area contributed by atoms with Crippen LogP contribution >= 0.6 is 0 Å². The molecule has 0 bridgehead atoms. The lowest BCUT2D eigenvalue weighted by Gasteiger charge is -2.43. The Kier molecular flexibility index (Phi) is 2.69. The maximum atomic E-state index is 6.02. The van der Waals surface area contributed by atoms with Crippen molar-refractivity contribution in [3.8, 4) is 0 Å². The predicted molar refractivity (Wildman–Crippen MR) is 59.2 cm³/mol. The number of nitrogens with zero attached hydrogens (tertiary/aromatic N) is 2. The molecule has 16 heavy (non-hydrogen) atoms. The second-order valence-electron chi connectivity index (χ2n) is 4.80. The molecule has 0 radical (unpaired) electrons. The lowest BCUT2D eigenvalue weighted by atomic mass is 9.84. The molecule has 2 fully saturated rings. The summed E-state index contributed by atoms with van der Waals surface area (Å²) in [5, 5.41) is 0. The summed E-state index contributed by atoms with van der Waals surface area (Å²) in [5.74, 6) is 0. The Morgan fingerprint density at radius 3 is 2.88 bits per heavy atom. The average molecular weight is 222 g/mol. The molecule has 0 aliphatic carbocycles. The number of imidazole rings is 1. The van der Waals surface area contributed by atoms with Crippen LogP contribution in [0.4, 0.5) is 0 Å². The minimum Gasteiger partial charge on any atom is -0.381 e. The minimum absolute atomic E-state index is 0.0748. The van der Waals surface area contributed by atoms with Gasteiger partial charge in [0.2, 0.25) is 0 Å². The van der Waals surface area contributed by atoms with Crippen molar-refractivity contribution in [2.45, 2.75) is 37.3 Å². The first kappa shape index (κ1) is 10.3. The van der Waals surface area contributed by atoms with E-state index in [1.807, 2.05) is 12.5 Å². The molecule has 0 saturated carbocycles. The Morgan fingerprint density at radius 2 is 2.12 bits per heavy atom. The van der Waals surface area contributed by atoms with Gasteiger partial charge in [0.15, 0.2) is 0 Å². The molecule has 2 saturated heterocycles. The summed E-state index contributed by atoms with van der Waals surface area (Å²) in [6.07, 6.45) is 10.1. The van der Waals surface area contributed by atoms with E-state index in [0.29, 0.717) is 6.04 Å². The highest BCUT2D eigenvalue weighted by molar-refractivity contribution is 4.93. The topological polar surface area (TPSA) is 36.3 Å². The molecule has 0 aromatic carbocycles. The zero-order chi connectivity index (χ0) is 10.8. The second-order valence-corrected chi connectivity index (χ2v) is 4.80. The SMILES string of the molecule is c1cn(C2CCOC3(CCOCC3)C2)cn1. The summed E-state index contributed by atoms with van der Waals surface area (Å²) in [7, 11) is 0. The van der Waals surface area contributed by atoms with Crippen LogP contribution in [0, 0.1) is 0 Å². The summed E-state index contributed by atoms with van der Waals surface area (Å²) in [6.45, 7) is 2.55. The van der Waals surface area contributed by atoms with E-state index >= 15 is 0 Å². The summed E-state index contributed by atoms with van der Waals surface area (Å²) >= 11 is 0. The number of ether oxygens (including phenoxy) is 2. The predicted octanol–water partition coefficient (Wildman–Crippen LogP) is 1.78. The molecule has 2 aliphatic rings. The van der Waals surface area contributed by atoms with Crippen molar-refractivity contribution in [2.75, 3.05) is 19.8 Å². The van der Waals surface area contributed by atoms with Crippen LogP contribution in [0.1, 0.15) is 31.7 Å². The fourth-order valence-corrected chi connectivity index (χ4v) is 2.83. The van der Waals surface area contributed by atoms with Gasteiger partial charge in [0.05, 0.1) is 11.9 Å². The number of hydrogen-bond donors (Lipinski definition) is 0. The quantitative estimate of drug-likeness (QED) is 0.726.